The molecule has 0 amide bonds. The summed E-state index contributed by atoms with van der Waals surface area (Å²) in [5.74, 6) is 0. The van der Waals surface area contributed by atoms with Gasteiger partial charge in [-0.25, -0.2) is 13.1 Å². The largest absolute Gasteiger partial charge is 0.398 e. The van der Waals surface area contributed by atoms with Crippen LogP contribution in [0.2, 0.25) is 0 Å². The van der Waals surface area contributed by atoms with E-state index in [2.05, 4.69) is 9.82 Å². The van der Waals surface area contributed by atoms with Gasteiger partial charge < -0.3 is 5.73 Å². The lowest BCUT2D eigenvalue weighted by molar-refractivity contribution is 0.581. The first kappa shape index (κ1) is 14.5. The van der Waals surface area contributed by atoms with Gasteiger partial charge in [-0.3, -0.25) is 4.68 Å². The summed E-state index contributed by atoms with van der Waals surface area (Å²) in [7, 11) is -1.71. The maximum Gasteiger partial charge on any atom is 0.240 e. The minimum Gasteiger partial charge on any atom is -0.398 e. The molecule has 20 heavy (non-hydrogen) atoms. The Morgan fingerprint density at radius 2 is 2.10 bits per heavy atom. The van der Waals surface area contributed by atoms with E-state index in [1.165, 1.54) is 6.07 Å². The molecule has 2 aromatic rings. The fourth-order valence-corrected chi connectivity index (χ4v) is 2.85. The van der Waals surface area contributed by atoms with Crippen molar-refractivity contribution in [2.24, 2.45) is 7.05 Å². The number of benzene rings is 1. The second kappa shape index (κ2) is 5.64. The predicted octanol–water partition coefficient (Wildman–Crippen LogP) is 0.832. The molecule has 0 aliphatic carbocycles. The first-order valence-corrected chi connectivity index (χ1v) is 7.71. The molecule has 0 radical (unpaired) electrons. The van der Waals surface area contributed by atoms with E-state index < -0.39 is 10.0 Å². The molecular formula is C13H18N4O2S. The van der Waals surface area contributed by atoms with Crippen LogP contribution in [-0.2, 0) is 23.5 Å². The van der Waals surface area contributed by atoms with Crippen molar-refractivity contribution in [1.82, 2.24) is 14.5 Å². The number of sulfonamides is 1. The smallest absolute Gasteiger partial charge is 0.240 e. The number of nitrogen functional groups attached to an aromatic ring is 1. The normalized spacial score (nSPS) is 11.7. The summed E-state index contributed by atoms with van der Waals surface area (Å²) < 4.78 is 28.4. The summed E-state index contributed by atoms with van der Waals surface area (Å²) in [5, 5.41) is 4.19. The molecule has 0 saturated carbocycles. The van der Waals surface area contributed by atoms with Crippen LogP contribution in [0.15, 0.2) is 35.4 Å². The molecule has 6 nitrogen and oxygen atoms in total. The van der Waals surface area contributed by atoms with Gasteiger partial charge in [0.05, 0.1) is 10.6 Å². The van der Waals surface area contributed by atoms with Crippen molar-refractivity contribution in [2.45, 2.75) is 18.2 Å². The topological polar surface area (TPSA) is 90.0 Å². The van der Waals surface area contributed by atoms with Gasteiger partial charge in [0.15, 0.2) is 0 Å². The Bertz CT molecular complexity index is 707. The Kier molecular flexibility index (Phi) is 4.10. The maximum atomic E-state index is 12.1. The summed E-state index contributed by atoms with van der Waals surface area (Å²) in [6, 6.07) is 6.58. The molecule has 7 heteroatoms. The Morgan fingerprint density at radius 1 is 1.35 bits per heavy atom. The first-order valence-electron chi connectivity index (χ1n) is 6.23. The zero-order valence-electron chi connectivity index (χ0n) is 11.5. The van der Waals surface area contributed by atoms with Crippen LogP contribution in [0.4, 0.5) is 5.69 Å². The zero-order chi connectivity index (χ0) is 14.8. The van der Waals surface area contributed by atoms with Crippen molar-refractivity contribution in [3.63, 3.8) is 0 Å². The monoisotopic (exact) mass is 294 g/mol. The number of anilines is 1. The van der Waals surface area contributed by atoms with Crippen LogP contribution >= 0.6 is 0 Å². The number of nitrogens with one attached hydrogen (secondary N) is 1. The lowest BCUT2D eigenvalue weighted by Crippen LogP contribution is -2.26. The summed E-state index contributed by atoms with van der Waals surface area (Å²) in [4.78, 5) is 0.182. The Balaban J connectivity index is 2.02. The molecule has 3 N–H and O–H groups in total. The molecule has 108 valence electrons. The number of rotatable bonds is 5. The molecule has 0 unspecified atom stereocenters. The van der Waals surface area contributed by atoms with Crippen molar-refractivity contribution in [2.75, 3.05) is 12.3 Å². The molecule has 0 atom stereocenters. The number of nitrogens with zero attached hydrogens (tertiary/aromatic N) is 2. The molecule has 0 saturated heterocycles. The van der Waals surface area contributed by atoms with Crippen molar-refractivity contribution < 1.29 is 8.42 Å². The quantitative estimate of drug-likeness (QED) is 0.799. The van der Waals surface area contributed by atoms with E-state index in [4.69, 9.17) is 5.73 Å². The van der Waals surface area contributed by atoms with Gasteiger partial charge in [0, 0.05) is 31.9 Å². The second-order valence-electron chi connectivity index (χ2n) is 4.65. The summed E-state index contributed by atoms with van der Waals surface area (Å²) in [6.45, 7) is 2.13. The standard InChI is InChI=1S/C13H18N4O2S/c1-10-3-4-12(9-13(10)14)20(18,19)15-7-5-11-6-8-17(2)16-11/h3-4,6,8-9,15H,5,7,14H2,1-2H3. The fourth-order valence-electron chi connectivity index (χ4n) is 1.78. The molecule has 0 spiro atoms. The summed E-state index contributed by atoms with van der Waals surface area (Å²) in [6.07, 6.45) is 2.37. The number of hydrogen-bond acceptors (Lipinski definition) is 4. The zero-order valence-corrected chi connectivity index (χ0v) is 12.3. The number of hydrogen-bond donors (Lipinski definition) is 2. The van der Waals surface area contributed by atoms with E-state index >= 15 is 0 Å². The van der Waals surface area contributed by atoms with Crippen molar-refractivity contribution in [3.05, 3.63) is 41.7 Å². The molecule has 0 aliphatic heterocycles. The van der Waals surface area contributed by atoms with Gasteiger partial charge >= 0.3 is 0 Å². The first-order chi connectivity index (χ1) is 9.38. The highest BCUT2D eigenvalue weighted by atomic mass is 32.2. The lowest BCUT2D eigenvalue weighted by Gasteiger charge is -2.08. The lowest BCUT2D eigenvalue weighted by atomic mass is 10.2. The van der Waals surface area contributed by atoms with Crippen LogP contribution < -0.4 is 10.5 Å². The third-order valence-corrected chi connectivity index (χ3v) is 4.46. The maximum absolute atomic E-state index is 12.1. The van der Waals surface area contributed by atoms with E-state index in [1.54, 1.807) is 16.8 Å². The average molecular weight is 294 g/mol. The van der Waals surface area contributed by atoms with Gasteiger partial charge in [0.2, 0.25) is 10.0 Å². The summed E-state index contributed by atoms with van der Waals surface area (Å²) in [5.41, 5.74) is 7.91. The molecule has 2 rings (SSSR count). The third-order valence-electron chi connectivity index (χ3n) is 3.00. The Labute approximate surface area is 118 Å². The Morgan fingerprint density at radius 3 is 2.70 bits per heavy atom. The van der Waals surface area contributed by atoms with Gasteiger partial charge in [-0.2, -0.15) is 5.10 Å². The van der Waals surface area contributed by atoms with Crippen LogP contribution in [0, 0.1) is 6.92 Å². The van der Waals surface area contributed by atoms with E-state index in [9.17, 15) is 8.42 Å². The van der Waals surface area contributed by atoms with Crippen LogP contribution in [0.5, 0.6) is 0 Å². The molecule has 1 aromatic carbocycles. The molecule has 0 bridgehead atoms. The number of aryl methyl sites for hydroxylation is 2. The molecule has 0 aliphatic rings. The molecular weight excluding hydrogens is 276 g/mol. The SMILES string of the molecule is Cc1ccc(S(=O)(=O)NCCc2ccn(C)n2)cc1N. The van der Waals surface area contributed by atoms with E-state index in [0.717, 1.165) is 11.3 Å². The van der Waals surface area contributed by atoms with E-state index in [1.807, 2.05) is 26.2 Å². The summed E-state index contributed by atoms with van der Waals surface area (Å²) >= 11 is 0. The third kappa shape index (κ3) is 3.37. The van der Waals surface area contributed by atoms with Gasteiger partial charge in [-0.1, -0.05) is 6.07 Å². The number of nitrogens with two attached hydrogens (primary N) is 1. The van der Waals surface area contributed by atoms with Gasteiger partial charge in [0.1, 0.15) is 0 Å². The van der Waals surface area contributed by atoms with Crippen molar-refractivity contribution in [1.29, 1.82) is 0 Å². The Hall–Kier alpha value is -1.86. The number of aromatic nitrogens is 2. The van der Waals surface area contributed by atoms with Crippen LogP contribution in [0.1, 0.15) is 11.3 Å². The second-order valence-corrected chi connectivity index (χ2v) is 6.41. The van der Waals surface area contributed by atoms with Gasteiger partial charge in [-0.15, -0.1) is 0 Å². The fraction of sp³-hybridized carbons (Fsp3) is 0.308. The average Bonchev–Trinajstić information content (AvgIpc) is 2.78. The van der Waals surface area contributed by atoms with Crippen molar-refractivity contribution >= 4 is 15.7 Å². The van der Waals surface area contributed by atoms with Crippen molar-refractivity contribution in [3.8, 4) is 0 Å². The van der Waals surface area contributed by atoms with E-state index in [0.29, 0.717) is 18.7 Å². The highest BCUT2D eigenvalue weighted by Gasteiger charge is 2.14. The predicted molar refractivity (Wildman–Crippen MR) is 77.7 cm³/mol. The van der Waals surface area contributed by atoms with Crippen LogP contribution in [0.3, 0.4) is 0 Å². The van der Waals surface area contributed by atoms with Crippen LogP contribution in [0.25, 0.3) is 0 Å². The van der Waals surface area contributed by atoms with Crippen LogP contribution in [-0.4, -0.2) is 24.7 Å². The highest BCUT2D eigenvalue weighted by Crippen LogP contribution is 2.16. The molecule has 0 fully saturated rings. The van der Waals surface area contributed by atoms with Gasteiger partial charge in [-0.05, 0) is 30.7 Å². The minimum absolute atomic E-state index is 0.182. The highest BCUT2D eigenvalue weighted by molar-refractivity contribution is 7.89. The van der Waals surface area contributed by atoms with Gasteiger partial charge in [0.25, 0.3) is 0 Å². The minimum atomic E-state index is -3.53. The molecule has 1 heterocycles. The molecule has 1 aromatic heterocycles. The van der Waals surface area contributed by atoms with E-state index in [-0.39, 0.29) is 4.90 Å².